The number of nitrogens with one attached hydrogen (secondary N) is 1. The molecule has 0 saturated carbocycles. The summed E-state index contributed by atoms with van der Waals surface area (Å²) in [6.07, 6.45) is 1.92. The van der Waals surface area contributed by atoms with Crippen molar-refractivity contribution in [3.63, 3.8) is 0 Å². The lowest BCUT2D eigenvalue weighted by molar-refractivity contribution is -0.137. The normalized spacial score (nSPS) is 20.5. The van der Waals surface area contributed by atoms with Gasteiger partial charge in [-0.25, -0.2) is 13.1 Å². The minimum atomic E-state index is -3.42. The van der Waals surface area contributed by atoms with E-state index >= 15 is 0 Å². The van der Waals surface area contributed by atoms with E-state index in [0.717, 1.165) is 6.42 Å². The van der Waals surface area contributed by atoms with Crippen molar-refractivity contribution in [2.24, 2.45) is 5.92 Å². The number of sulfonamides is 1. The summed E-state index contributed by atoms with van der Waals surface area (Å²) in [5.74, 6) is -0.885. The molecular formula is C13H24N2O5S. The molecule has 0 spiro atoms. The highest BCUT2D eigenvalue weighted by atomic mass is 32.2. The van der Waals surface area contributed by atoms with Gasteiger partial charge in [0.1, 0.15) is 0 Å². The molecule has 0 aromatic carbocycles. The Balaban J connectivity index is 2.47. The van der Waals surface area contributed by atoms with Crippen molar-refractivity contribution in [1.29, 1.82) is 0 Å². The van der Waals surface area contributed by atoms with Crippen LogP contribution >= 0.6 is 0 Å². The lowest BCUT2D eigenvalue weighted by atomic mass is 10.0. The number of carboxylic acid groups (broad SMARTS) is 1. The molecule has 122 valence electrons. The number of likely N-dealkylation sites (tertiary alicyclic amines) is 1. The Morgan fingerprint density at radius 1 is 1.43 bits per heavy atom. The molecule has 0 bridgehead atoms. The van der Waals surface area contributed by atoms with E-state index in [0.29, 0.717) is 25.9 Å². The third kappa shape index (κ3) is 6.01. The van der Waals surface area contributed by atoms with Gasteiger partial charge in [-0.1, -0.05) is 6.92 Å². The second kappa shape index (κ2) is 7.74. The molecule has 2 atom stereocenters. The molecule has 1 fully saturated rings. The van der Waals surface area contributed by atoms with E-state index in [1.807, 2.05) is 0 Å². The standard InChI is InChI=1S/C13H24N2O5S/c1-3-8-21(19,20)14-10(2)13(18)15-7-6-11(9-15)4-5-12(16)17/h10-11,14H,3-9H2,1-2H3,(H,16,17). The Hall–Kier alpha value is -1.15. The molecule has 7 nitrogen and oxygen atoms in total. The van der Waals surface area contributed by atoms with Crippen LogP contribution in [0.5, 0.6) is 0 Å². The maximum absolute atomic E-state index is 12.2. The van der Waals surface area contributed by atoms with Gasteiger partial charge in [-0.05, 0) is 32.1 Å². The summed E-state index contributed by atoms with van der Waals surface area (Å²) in [6.45, 7) is 4.37. The summed E-state index contributed by atoms with van der Waals surface area (Å²) in [5.41, 5.74) is 0. The molecule has 0 radical (unpaired) electrons. The molecule has 0 aromatic heterocycles. The van der Waals surface area contributed by atoms with Crippen molar-refractivity contribution >= 4 is 21.9 Å². The number of hydrogen-bond acceptors (Lipinski definition) is 4. The van der Waals surface area contributed by atoms with Crippen molar-refractivity contribution in [2.75, 3.05) is 18.8 Å². The Morgan fingerprint density at radius 2 is 2.10 bits per heavy atom. The van der Waals surface area contributed by atoms with Crippen LogP contribution in [0.2, 0.25) is 0 Å². The van der Waals surface area contributed by atoms with Gasteiger partial charge in [-0.3, -0.25) is 9.59 Å². The van der Waals surface area contributed by atoms with Crippen molar-refractivity contribution < 1.29 is 23.1 Å². The highest BCUT2D eigenvalue weighted by Crippen LogP contribution is 2.21. The third-order valence-corrected chi connectivity index (χ3v) is 5.22. The molecule has 1 heterocycles. The van der Waals surface area contributed by atoms with Gasteiger partial charge in [-0.2, -0.15) is 0 Å². The summed E-state index contributed by atoms with van der Waals surface area (Å²) in [7, 11) is -3.42. The molecule has 0 aliphatic carbocycles. The fourth-order valence-corrected chi connectivity index (χ4v) is 3.81. The fraction of sp³-hybridized carbons (Fsp3) is 0.846. The first-order valence-corrected chi connectivity index (χ1v) is 8.91. The Kier molecular flexibility index (Phi) is 6.60. The highest BCUT2D eigenvalue weighted by molar-refractivity contribution is 7.89. The van der Waals surface area contributed by atoms with E-state index in [4.69, 9.17) is 5.11 Å². The van der Waals surface area contributed by atoms with Gasteiger partial charge in [0.05, 0.1) is 11.8 Å². The fourth-order valence-electron chi connectivity index (χ4n) is 2.52. The molecule has 1 saturated heterocycles. The summed E-state index contributed by atoms with van der Waals surface area (Å²) >= 11 is 0. The first kappa shape index (κ1) is 17.9. The SMILES string of the molecule is CCCS(=O)(=O)NC(C)C(=O)N1CCC(CCC(=O)O)C1. The van der Waals surface area contributed by atoms with Crippen LogP contribution in [-0.4, -0.2) is 55.2 Å². The predicted molar refractivity (Wildman–Crippen MR) is 78.2 cm³/mol. The van der Waals surface area contributed by atoms with E-state index in [2.05, 4.69) is 4.72 Å². The van der Waals surface area contributed by atoms with Gasteiger partial charge >= 0.3 is 5.97 Å². The number of nitrogens with zero attached hydrogens (tertiary/aromatic N) is 1. The van der Waals surface area contributed by atoms with Crippen LogP contribution < -0.4 is 4.72 Å². The topological polar surface area (TPSA) is 104 Å². The van der Waals surface area contributed by atoms with E-state index in [9.17, 15) is 18.0 Å². The van der Waals surface area contributed by atoms with E-state index in [1.165, 1.54) is 0 Å². The number of rotatable bonds is 8. The first-order chi connectivity index (χ1) is 9.75. The molecule has 1 rings (SSSR count). The van der Waals surface area contributed by atoms with Crippen LogP contribution in [0, 0.1) is 5.92 Å². The zero-order chi connectivity index (χ0) is 16.0. The zero-order valence-electron chi connectivity index (χ0n) is 12.5. The van der Waals surface area contributed by atoms with Gasteiger partial charge in [0, 0.05) is 19.5 Å². The van der Waals surface area contributed by atoms with E-state index in [1.54, 1.807) is 18.7 Å². The maximum Gasteiger partial charge on any atom is 0.303 e. The maximum atomic E-state index is 12.2. The van der Waals surface area contributed by atoms with E-state index in [-0.39, 0.29) is 24.0 Å². The summed E-state index contributed by atoms with van der Waals surface area (Å²) in [6, 6.07) is -0.778. The number of carbonyl (C=O) groups excluding carboxylic acids is 1. The first-order valence-electron chi connectivity index (χ1n) is 7.25. The van der Waals surface area contributed by atoms with Crippen molar-refractivity contribution in [3.8, 4) is 0 Å². The third-order valence-electron chi connectivity index (χ3n) is 3.56. The van der Waals surface area contributed by atoms with Gasteiger partial charge in [0.2, 0.25) is 15.9 Å². The van der Waals surface area contributed by atoms with Gasteiger partial charge in [0.25, 0.3) is 0 Å². The van der Waals surface area contributed by atoms with Crippen LogP contribution in [0.1, 0.15) is 39.5 Å². The van der Waals surface area contributed by atoms with Gasteiger partial charge in [0.15, 0.2) is 0 Å². The Labute approximate surface area is 125 Å². The van der Waals surface area contributed by atoms with Crippen LogP contribution in [0.3, 0.4) is 0 Å². The van der Waals surface area contributed by atoms with Crippen molar-refractivity contribution in [3.05, 3.63) is 0 Å². The molecule has 1 aliphatic heterocycles. The minimum Gasteiger partial charge on any atom is -0.481 e. The number of carbonyl (C=O) groups is 2. The second-order valence-electron chi connectivity index (χ2n) is 5.53. The molecule has 8 heteroatoms. The Morgan fingerprint density at radius 3 is 2.67 bits per heavy atom. The number of hydrogen-bond donors (Lipinski definition) is 2. The van der Waals surface area contributed by atoms with Crippen molar-refractivity contribution in [2.45, 2.75) is 45.6 Å². The largest absolute Gasteiger partial charge is 0.481 e. The summed E-state index contributed by atoms with van der Waals surface area (Å²) < 4.78 is 25.7. The molecule has 2 N–H and O–H groups in total. The Bertz CT molecular complexity index is 477. The molecule has 1 amide bonds. The van der Waals surface area contributed by atoms with Crippen LogP contribution in [0.4, 0.5) is 0 Å². The van der Waals surface area contributed by atoms with Gasteiger partial charge < -0.3 is 10.0 Å². The quantitative estimate of drug-likeness (QED) is 0.674. The van der Waals surface area contributed by atoms with E-state index < -0.39 is 22.0 Å². The smallest absolute Gasteiger partial charge is 0.303 e. The zero-order valence-corrected chi connectivity index (χ0v) is 13.4. The number of amides is 1. The molecule has 21 heavy (non-hydrogen) atoms. The number of aliphatic carboxylic acids is 1. The molecular weight excluding hydrogens is 296 g/mol. The highest BCUT2D eigenvalue weighted by Gasteiger charge is 2.30. The lowest BCUT2D eigenvalue weighted by Gasteiger charge is -2.21. The summed E-state index contributed by atoms with van der Waals surface area (Å²) in [4.78, 5) is 24.4. The van der Waals surface area contributed by atoms with Crippen LogP contribution in [0.25, 0.3) is 0 Å². The predicted octanol–water partition coefficient (Wildman–Crippen LogP) is 0.418. The molecule has 1 aliphatic rings. The van der Waals surface area contributed by atoms with Crippen LogP contribution in [0.15, 0.2) is 0 Å². The number of carboxylic acids is 1. The second-order valence-corrected chi connectivity index (χ2v) is 7.40. The van der Waals surface area contributed by atoms with Crippen molar-refractivity contribution in [1.82, 2.24) is 9.62 Å². The lowest BCUT2D eigenvalue weighted by Crippen LogP contribution is -2.46. The minimum absolute atomic E-state index is 0.00581. The average Bonchev–Trinajstić information content (AvgIpc) is 2.83. The monoisotopic (exact) mass is 320 g/mol. The molecule has 0 aromatic rings. The van der Waals surface area contributed by atoms with Crippen LogP contribution in [-0.2, 0) is 19.6 Å². The van der Waals surface area contributed by atoms with Gasteiger partial charge in [-0.15, -0.1) is 0 Å². The average molecular weight is 320 g/mol. The summed E-state index contributed by atoms with van der Waals surface area (Å²) in [5, 5.41) is 8.66. The molecule has 2 unspecified atom stereocenters.